The van der Waals surface area contributed by atoms with Crippen molar-refractivity contribution in [1.29, 1.82) is 0 Å². The summed E-state index contributed by atoms with van der Waals surface area (Å²) >= 11 is 0. The maximum Gasteiger partial charge on any atom is 0.416 e. The summed E-state index contributed by atoms with van der Waals surface area (Å²) < 4.78 is 99.1. The highest BCUT2D eigenvalue weighted by atomic mass is 19.4. The Morgan fingerprint density at radius 2 is 1.53 bits per heavy atom. The van der Waals surface area contributed by atoms with Gasteiger partial charge in [-0.3, -0.25) is 14.7 Å². The van der Waals surface area contributed by atoms with Gasteiger partial charge in [-0.1, -0.05) is 0 Å². The van der Waals surface area contributed by atoms with Crippen molar-refractivity contribution in [3.63, 3.8) is 0 Å². The molecule has 1 N–H and O–H groups in total. The molecule has 1 saturated carbocycles. The van der Waals surface area contributed by atoms with Gasteiger partial charge in [-0.15, -0.1) is 0 Å². The summed E-state index contributed by atoms with van der Waals surface area (Å²) in [7, 11) is 3.63. The summed E-state index contributed by atoms with van der Waals surface area (Å²) in [5.74, 6) is -1.84. The van der Waals surface area contributed by atoms with Gasteiger partial charge in [0.25, 0.3) is 0 Å². The van der Waals surface area contributed by atoms with Gasteiger partial charge >= 0.3 is 24.5 Å². The largest absolute Gasteiger partial charge is 0.453 e. The zero-order chi connectivity index (χ0) is 33.3. The van der Waals surface area contributed by atoms with Crippen LogP contribution in [0.2, 0.25) is 0 Å². The van der Waals surface area contributed by atoms with E-state index in [1.165, 1.54) is 25.1 Å². The number of amides is 4. The number of anilines is 1. The second kappa shape index (κ2) is 13.1. The van der Waals surface area contributed by atoms with Crippen LogP contribution in [-0.2, 0) is 21.9 Å². The molecular formula is C29H32F7N5O4. The maximum atomic E-state index is 13.7. The minimum atomic E-state index is -5.11. The van der Waals surface area contributed by atoms with Crippen LogP contribution in [0.25, 0.3) is 0 Å². The van der Waals surface area contributed by atoms with Gasteiger partial charge in [-0.2, -0.15) is 26.3 Å². The highest BCUT2D eigenvalue weighted by Crippen LogP contribution is 2.39. The molecular weight excluding hydrogens is 615 g/mol. The Kier molecular flexibility index (Phi) is 9.82. The Hall–Kier alpha value is -4.11. The maximum absolute atomic E-state index is 13.7. The Labute approximate surface area is 254 Å². The monoisotopic (exact) mass is 647 g/mol. The van der Waals surface area contributed by atoms with E-state index in [-0.39, 0.29) is 37.0 Å². The number of alkyl halides is 6. The number of nitrogens with zero attached hydrogens (tertiary/aromatic N) is 4. The topological polar surface area (TPSA) is 95.1 Å². The quantitative estimate of drug-likeness (QED) is 0.423. The molecule has 4 rings (SSSR count). The lowest BCUT2D eigenvalue weighted by Gasteiger charge is -2.33. The van der Waals surface area contributed by atoms with Crippen molar-refractivity contribution < 1.29 is 49.9 Å². The van der Waals surface area contributed by atoms with Gasteiger partial charge in [-0.25, -0.2) is 14.0 Å². The van der Waals surface area contributed by atoms with Crippen LogP contribution < -0.4 is 10.2 Å². The van der Waals surface area contributed by atoms with Gasteiger partial charge in [0.15, 0.2) is 0 Å². The number of pyridine rings is 1. The van der Waals surface area contributed by atoms with Gasteiger partial charge < -0.3 is 19.9 Å². The first-order chi connectivity index (χ1) is 21.0. The molecule has 16 heteroatoms. The lowest BCUT2D eigenvalue weighted by molar-refractivity contribution is -0.143. The smallest absolute Gasteiger partial charge is 0.416 e. The Morgan fingerprint density at radius 1 is 0.933 bits per heavy atom. The molecule has 4 amide bonds. The van der Waals surface area contributed by atoms with Crippen molar-refractivity contribution in [1.82, 2.24) is 20.1 Å². The van der Waals surface area contributed by atoms with Crippen molar-refractivity contribution >= 4 is 23.7 Å². The zero-order valence-electron chi connectivity index (χ0n) is 24.6. The normalized spacial score (nSPS) is 22.1. The van der Waals surface area contributed by atoms with Crippen molar-refractivity contribution in [2.75, 3.05) is 39.2 Å². The first-order valence-corrected chi connectivity index (χ1v) is 14.0. The fourth-order valence-electron chi connectivity index (χ4n) is 5.85. The molecule has 1 aliphatic heterocycles. The van der Waals surface area contributed by atoms with Gasteiger partial charge in [0.2, 0.25) is 5.91 Å². The SMILES string of the molecule is COC(=O)NC1CCC(C(=O)N2C[C@@H](N(C)C(=O)N(C)c3cc(C(F)(F)F)cc(C(F)(F)F)c3)[C@H](c3ccc(F)cn3)C2)CC1. The average molecular weight is 648 g/mol. The lowest BCUT2D eigenvalue weighted by Crippen LogP contribution is -2.48. The molecule has 2 atom stereocenters. The van der Waals surface area contributed by atoms with Crippen LogP contribution in [0.15, 0.2) is 36.5 Å². The van der Waals surface area contributed by atoms with Crippen LogP contribution in [-0.4, -0.2) is 79.2 Å². The van der Waals surface area contributed by atoms with E-state index in [2.05, 4.69) is 15.0 Å². The van der Waals surface area contributed by atoms with Crippen LogP contribution in [0.1, 0.15) is 48.4 Å². The summed E-state index contributed by atoms with van der Waals surface area (Å²) in [5, 5.41) is 2.71. The predicted molar refractivity (Wildman–Crippen MR) is 147 cm³/mol. The Morgan fingerprint density at radius 3 is 2.04 bits per heavy atom. The van der Waals surface area contributed by atoms with E-state index < -0.39 is 59.1 Å². The van der Waals surface area contributed by atoms with E-state index in [1.54, 1.807) is 0 Å². The molecule has 1 aliphatic carbocycles. The molecule has 0 unspecified atom stereocenters. The molecule has 1 saturated heterocycles. The zero-order valence-corrected chi connectivity index (χ0v) is 24.6. The van der Waals surface area contributed by atoms with Crippen LogP contribution in [0, 0.1) is 11.7 Å². The second-order valence-electron chi connectivity index (χ2n) is 11.2. The summed E-state index contributed by atoms with van der Waals surface area (Å²) in [6.07, 6.45) is -7.79. The number of carbonyl (C=O) groups is 3. The number of methoxy groups -OCH3 is 1. The summed E-state index contributed by atoms with van der Waals surface area (Å²) in [6, 6.07) is 1.56. The van der Waals surface area contributed by atoms with Gasteiger partial charge in [0.05, 0.1) is 30.5 Å². The Bertz CT molecular complexity index is 1360. The van der Waals surface area contributed by atoms with Crippen LogP contribution >= 0.6 is 0 Å². The van der Waals surface area contributed by atoms with E-state index in [1.807, 2.05) is 0 Å². The summed E-state index contributed by atoms with van der Waals surface area (Å²) in [6.45, 7) is 0.0843. The van der Waals surface area contributed by atoms with Crippen molar-refractivity contribution in [2.45, 2.75) is 56.0 Å². The fraction of sp³-hybridized carbons (Fsp3) is 0.517. The molecule has 246 valence electrons. The molecule has 0 spiro atoms. The minimum absolute atomic E-state index is 0.00460. The highest BCUT2D eigenvalue weighted by molar-refractivity contribution is 5.92. The number of halogens is 7. The molecule has 2 aliphatic rings. The van der Waals surface area contributed by atoms with E-state index in [4.69, 9.17) is 0 Å². The third kappa shape index (κ3) is 7.76. The fourth-order valence-corrected chi connectivity index (χ4v) is 5.85. The molecule has 0 radical (unpaired) electrons. The molecule has 2 aromatic rings. The second-order valence-corrected chi connectivity index (χ2v) is 11.2. The molecule has 2 fully saturated rings. The Balaban J connectivity index is 1.57. The van der Waals surface area contributed by atoms with E-state index in [0.29, 0.717) is 48.4 Å². The molecule has 45 heavy (non-hydrogen) atoms. The first kappa shape index (κ1) is 33.8. The van der Waals surface area contributed by atoms with Crippen LogP contribution in [0.5, 0.6) is 0 Å². The van der Waals surface area contributed by atoms with Gasteiger partial charge in [0, 0.05) is 56.4 Å². The number of aromatic nitrogens is 1. The van der Waals surface area contributed by atoms with E-state index in [0.717, 1.165) is 24.2 Å². The van der Waals surface area contributed by atoms with E-state index >= 15 is 0 Å². The van der Waals surface area contributed by atoms with Gasteiger partial charge in [-0.05, 0) is 56.0 Å². The number of rotatable bonds is 5. The van der Waals surface area contributed by atoms with Gasteiger partial charge in [0.1, 0.15) is 5.82 Å². The number of hydrogen-bond donors (Lipinski definition) is 1. The number of likely N-dealkylation sites (tertiary alicyclic amines) is 1. The number of ether oxygens (including phenoxy) is 1. The first-order valence-electron chi connectivity index (χ1n) is 14.0. The van der Waals surface area contributed by atoms with Crippen molar-refractivity contribution in [2.24, 2.45) is 5.92 Å². The minimum Gasteiger partial charge on any atom is -0.453 e. The van der Waals surface area contributed by atoms with Crippen molar-refractivity contribution in [3.8, 4) is 0 Å². The lowest BCUT2D eigenvalue weighted by atomic mass is 9.85. The van der Waals surface area contributed by atoms with Crippen LogP contribution in [0.3, 0.4) is 0 Å². The summed E-state index contributed by atoms with van der Waals surface area (Å²) in [4.78, 5) is 46.2. The third-order valence-electron chi connectivity index (χ3n) is 8.36. The number of hydrogen-bond acceptors (Lipinski definition) is 5. The number of carbonyl (C=O) groups excluding carboxylic acids is 3. The predicted octanol–water partition coefficient (Wildman–Crippen LogP) is 5.66. The molecule has 1 aromatic carbocycles. The number of alkyl carbamates (subject to hydrolysis) is 1. The molecule has 1 aromatic heterocycles. The molecule has 0 bridgehead atoms. The molecule has 2 heterocycles. The summed E-state index contributed by atoms with van der Waals surface area (Å²) in [5.41, 5.74) is -3.42. The highest BCUT2D eigenvalue weighted by Gasteiger charge is 2.44. The number of likely N-dealkylation sites (N-methyl/N-ethyl adjacent to an activating group) is 1. The number of benzene rings is 1. The molecule has 9 nitrogen and oxygen atoms in total. The van der Waals surface area contributed by atoms with Crippen LogP contribution in [0.4, 0.5) is 46.0 Å². The number of urea groups is 1. The van der Waals surface area contributed by atoms with E-state index in [9.17, 15) is 45.1 Å². The third-order valence-corrected chi connectivity index (χ3v) is 8.36. The average Bonchev–Trinajstić information content (AvgIpc) is 3.44. The standard InChI is InChI=1S/C29H32F7N5O4/c1-39(21-11-17(28(31,32)33)10-18(12-21)29(34,35)36)27(44)40(2)24-15-41(14-22(24)23-9-6-19(30)13-37-23)25(42)16-4-7-20(8-5-16)38-26(43)45-3/h6,9-13,16,20,22,24H,4-5,7-8,14-15H2,1-3H3,(H,38,43)/t16?,20?,22-,24+/m0/s1. The number of nitrogens with one attached hydrogen (secondary N) is 1. The van der Waals surface area contributed by atoms with Crippen molar-refractivity contribution in [3.05, 3.63) is 59.2 Å².